The van der Waals surface area contributed by atoms with Crippen LogP contribution in [-0.2, 0) is 6.42 Å². The molecule has 3 nitrogen and oxygen atoms in total. The van der Waals surface area contributed by atoms with Gasteiger partial charge in [0, 0.05) is 6.07 Å². The van der Waals surface area contributed by atoms with Crippen molar-refractivity contribution in [1.82, 2.24) is 5.32 Å². The number of nitrogens with one attached hydrogen (secondary N) is 1. The summed E-state index contributed by atoms with van der Waals surface area (Å²) < 4.78 is 26.0. The van der Waals surface area contributed by atoms with E-state index in [1.54, 1.807) is 0 Å². The number of carbonyl (C=O) groups excluding carboxylic acids is 1. The second kappa shape index (κ2) is 6.30. The minimum Gasteiger partial charge on any atom is -0.387 e. The Labute approximate surface area is 105 Å². The van der Waals surface area contributed by atoms with E-state index in [-0.39, 0.29) is 12.2 Å². The molecule has 1 aromatic carbocycles. The number of rotatable bonds is 5. The Morgan fingerprint density at radius 2 is 2.00 bits per heavy atom. The van der Waals surface area contributed by atoms with E-state index in [1.165, 1.54) is 13.9 Å². The van der Waals surface area contributed by atoms with Gasteiger partial charge in [0.1, 0.15) is 11.6 Å². The fourth-order valence-corrected chi connectivity index (χ4v) is 1.67. The summed E-state index contributed by atoms with van der Waals surface area (Å²) in [6.45, 7) is 3.42. The molecule has 0 radical (unpaired) electrons. The average Bonchev–Trinajstić information content (AvgIpc) is 2.25. The molecule has 18 heavy (non-hydrogen) atoms. The van der Waals surface area contributed by atoms with Crippen molar-refractivity contribution >= 4 is 13.7 Å². The van der Waals surface area contributed by atoms with E-state index in [4.69, 9.17) is 0 Å². The molecule has 1 aromatic rings. The largest absolute Gasteiger partial charge is 0.387 e. The summed E-state index contributed by atoms with van der Waals surface area (Å²) in [5, 5.41) is 12.2. The Bertz CT molecular complexity index is 433. The smallest absolute Gasteiger partial charge is 0.215 e. The van der Waals surface area contributed by atoms with E-state index < -0.39 is 23.8 Å². The van der Waals surface area contributed by atoms with Gasteiger partial charge in [0.15, 0.2) is 5.81 Å². The van der Waals surface area contributed by atoms with Crippen molar-refractivity contribution in [3.8, 4) is 0 Å². The van der Waals surface area contributed by atoms with Gasteiger partial charge in [0.25, 0.3) is 0 Å². The Hall–Kier alpha value is -1.69. The van der Waals surface area contributed by atoms with E-state index in [0.717, 1.165) is 18.2 Å². The molecule has 0 aliphatic carbocycles. The van der Waals surface area contributed by atoms with Crippen molar-refractivity contribution < 1.29 is 18.7 Å². The van der Waals surface area contributed by atoms with Crippen LogP contribution in [0.4, 0.5) is 13.6 Å². The fourth-order valence-electron chi connectivity index (χ4n) is 1.67. The molecule has 2 N–H and O–H groups in total. The lowest BCUT2D eigenvalue weighted by molar-refractivity contribution is 0.174. The van der Waals surface area contributed by atoms with Gasteiger partial charge in [0.2, 0.25) is 7.85 Å². The molecule has 0 saturated carbocycles. The second-order valence-corrected chi connectivity index (χ2v) is 4.02. The highest BCUT2D eigenvalue weighted by molar-refractivity contribution is 6.57. The number of hydrogen-bond donors (Lipinski definition) is 2. The van der Waals surface area contributed by atoms with Crippen molar-refractivity contribution in [2.45, 2.75) is 18.6 Å². The van der Waals surface area contributed by atoms with Crippen LogP contribution < -0.4 is 5.32 Å². The predicted octanol–water partition coefficient (Wildman–Crippen LogP) is 0.766. The van der Waals surface area contributed by atoms with Gasteiger partial charge in [-0.3, -0.25) is 4.79 Å². The van der Waals surface area contributed by atoms with Crippen molar-refractivity contribution in [2.24, 2.45) is 0 Å². The molecule has 0 saturated heterocycles. The molecule has 0 aromatic heterocycles. The van der Waals surface area contributed by atoms with Gasteiger partial charge in [-0.15, -0.1) is 6.58 Å². The van der Waals surface area contributed by atoms with Crippen LogP contribution in [0.3, 0.4) is 0 Å². The van der Waals surface area contributed by atoms with Gasteiger partial charge in [-0.25, -0.2) is 8.78 Å². The first-order valence-electron chi connectivity index (χ1n) is 5.45. The summed E-state index contributed by atoms with van der Waals surface area (Å²) in [6, 6.07) is 2.42. The summed E-state index contributed by atoms with van der Waals surface area (Å²) >= 11 is 0. The maximum Gasteiger partial charge on any atom is 0.215 e. The Kier molecular flexibility index (Phi) is 5.03. The van der Waals surface area contributed by atoms with Crippen molar-refractivity contribution in [3.05, 3.63) is 48.1 Å². The maximum atomic E-state index is 13.0. The van der Waals surface area contributed by atoms with E-state index >= 15 is 0 Å². The molecule has 96 valence electrons. The highest BCUT2D eigenvalue weighted by Gasteiger charge is 2.18. The van der Waals surface area contributed by atoms with Crippen molar-refractivity contribution in [1.29, 1.82) is 0 Å². The van der Waals surface area contributed by atoms with Gasteiger partial charge < -0.3 is 10.4 Å². The Balaban J connectivity index is 2.87. The molecule has 0 spiro atoms. The number of carbonyl (C=O) groups is 1. The summed E-state index contributed by atoms with van der Waals surface area (Å²) in [6.07, 6.45) is 0.387. The van der Waals surface area contributed by atoms with Crippen LogP contribution in [0.15, 0.2) is 30.9 Å². The lowest BCUT2D eigenvalue weighted by atomic mass is 9.99. The van der Waals surface area contributed by atoms with Crippen molar-refractivity contribution in [3.63, 3.8) is 0 Å². The summed E-state index contributed by atoms with van der Waals surface area (Å²) in [5.41, 5.74) is 0.354. The third-order valence-electron chi connectivity index (χ3n) is 2.42. The lowest BCUT2D eigenvalue weighted by Crippen LogP contribution is -2.43. The first-order chi connectivity index (χ1) is 8.42. The highest BCUT2D eigenvalue weighted by atomic mass is 19.1. The zero-order valence-electron chi connectivity index (χ0n) is 9.99. The number of amides is 1. The number of aliphatic hydroxyl groups is 1. The average molecular weight is 253 g/mol. The molecule has 6 heteroatoms. The number of benzene rings is 1. The zero-order chi connectivity index (χ0) is 13.7. The van der Waals surface area contributed by atoms with Crippen LogP contribution in [0.5, 0.6) is 0 Å². The molecular weight excluding hydrogens is 239 g/mol. The Morgan fingerprint density at radius 1 is 1.44 bits per heavy atom. The van der Waals surface area contributed by atoms with E-state index in [1.807, 2.05) is 0 Å². The quantitative estimate of drug-likeness (QED) is 0.601. The van der Waals surface area contributed by atoms with Crippen LogP contribution >= 0.6 is 0 Å². The standard InChI is InChI=1S/C12H14BF2NO2/c1-2-11(17)10(16-12(13)18)5-7-3-8(14)6-9(15)4-7/h2-4,6,10-11,17H,1,5,13H2,(H,16,18)/t10-,11?/m0/s1. The van der Waals surface area contributed by atoms with E-state index in [9.17, 15) is 18.7 Å². The minimum atomic E-state index is -0.986. The van der Waals surface area contributed by atoms with Gasteiger partial charge in [-0.1, -0.05) is 6.08 Å². The summed E-state index contributed by atoms with van der Waals surface area (Å²) in [5.74, 6) is -1.72. The molecule has 0 bridgehead atoms. The molecule has 0 aliphatic rings. The van der Waals surface area contributed by atoms with Crippen molar-refractivity contribution in [2.75, 3.05) is 0 Å². The van der Waals surface area contributed by atoms with E-state index in [2.05, 4.69) is 11.9 Å². The van der Waals surface area contributed by atoms with Crippen LogP contribution in [-0.4, -0.2) is 30.9 Å². The third kappa shape index (κ3) is 4.29. The minimum absolute atomic E-state index is 0.113. The maximum absolute atomic E-state index is 13.0. The molecule has 2 atom stereocenters. The second-order valence-electron chi connectivity index (χ2n) is 4.02. The zero-order valence-corrected chi connectivity index (χ0v) is 9.99. The Morgan fingerprint density at radius 3 is 2.44 bits per heavy atom. The summed E-state index contributed by atoms with van der Waals surface area (Å²) in [7, 11) is 1.30. The van der Waals surface area contributed by atoms with Gasteiger partial charge in [0.05, 0.1) is 12.1 Å². The number of hydrogen-bond acceptors (Lipinski definition) is 2. The van der Waals surface area contributed by atoms with Crippen LogP contribution in [0.1, 0.15) is 5.56 Å². The van der Waals surface area contributed by atoms with Gasteiger partial charge in [-0.05, 0) is 24.1 Å². The fraction of sp³-hybridized carbons (Fsp3) is 0.250. The topological polar surface area (TPSA) is 49.3 Å². The number of aliphatic hydroxyl groups excluding tert-OH is 1. The van der Waals surface area contributed by atoms with Crippen LogP contribution in [0, 0.1) is 11.6 Å². The van der Waals surface area contributed by atoms with E-state index in [0.29, 0.717) is 5.56 Å². The van der Waals surface area contributed by atoms with Crippen LogP contribution in [0.25, 0.3) is 0 Å². The summed E-state index contributed by atoms with van der Waals surface area (Å²) in [4.78, 5) is 11.0. The first kappa shape index (κ1) is 14.4. The molecule has 1 rings (SSSR count). The lowest BCUT2D eigenvalue weighted by Gasteiger charge is -2.21. The first-order valence-corrected chi connectivity index (χ1v) is 5.45. The molecule has 1 unspecified atom stereocenters. The third-order valence-corrected chi connectivity index (χ3v) is 2.42. The normalized spacial score (nSPS) is 13.7. The molecule has 0 heterocycles. The predicted molar refractivity (Wildman–Crippen MR) is 67.1 cm³/mol. The molecule has 0 aliphatic heterocycles. The highest BCUT2D eigenvalue weighted by Crippen LogP contribution is 2.12. The van der Waals surface area contributed by atoms with Gasteiger partial charge >= 0.3 is 0 Å². The molecular formula is C12H14BF2NO2. The van der Waals surface area contributed by atoms with Gasteiger partial charge in [-0.2, -0.15) is 0 Å². The van der Waals surface area contributed by atoms with Crippen LogP contribution in [0.2, 0.25) is 0 Å². The molecule has 0 fully saturated rings. The molecule has 1 amide bonds. The monoisotopic (exact) mass is 253 g/mol. The number of halogens is 2. The SMILES string of the molecule is BC(=O)N[C@@H](Cc1cc(F)cc(F)c1)C(O)C=C.